The molecule has 0 radical (unpaired) electrons. The summed E-state index contributed by atoms with van der Waals surface area (Å²) in [6, 6.07) is 0. The van der Waals surface area contributed by atoms with E-state index in [-0.39, 0.29) is 0 Å². The van der Waals surface area contributed by atoms with Gasteiger partial charge in [0.25, 0.3) is 5.82 Å². The minimum absolute atomic E-state index is 1.17. The quantitative estimate of drug-likeness (QED) is 0.157. The lowest BCUT2D eigenvalue weighted by Gasteiger charge is -2.04. The molecule has 0 saturated carbocycles. The molecule has 28 heavy (non-hydrogen) atoms. The standard InChI is InChI=1S/C26H51N2/c1-4-6-8-9-10-11-12-13-14-15-16-17-18-19-20-21-23-28-25-24-27(26(28)3)22-7-5-2/h24-25H,4-23H2,1-3H3/q+1. The first-order valence-electron chi connectivity index (χ1n) is 12.8. The van der Waals surface area contributed by atoms with Crippen molar-refractivity contribution >= 4 is 0 Å². The molecule has 164 valence electrons. The molecule has 0 atom stereocenters. The maximum Gasteiger partial charge on any atom is 0.253 e. The third-order valence-corrected chi connectivity index (χ3v) is 6.26. The van der Waals surface area contributed by atoms with Crippen LogP contribution in [0, 0.1) is 6.92 Å². The van der Waals surface area contributed by atoms with Crippen LogP contribution in [0.5, 0.6) is 0 Å². The predicted octanol–water partition coefficient (Wildman–Crippen LogP) is 8.15. The summed E-state index contributed by atoms with van der Waals surface area (Å²) in [4.78, 5) is 0. The summed E-state index contributed by atoms with van der Waals surface area (Å²) in [5, 5.41) is 0. The largest absolute Gasteiger partial charge is 0.253 e. The molecule has 0 N–H and O–H groups in total. The molecule has 0 unspecified atom stereocenters. The fraction of sp³-hybridized carbons (Fsp3) is 0.885. The molecule has 0 aliphatic rings. The summed E-state index contributed by atoms with van der Waals surface area (Å²) in [5.41, 5.74) is 0. The average Bonchev–Trinajstić information content (AvgIpc) is 3.05. The van der Waals surface area contributed by atoms with E-state index in [1.165, 1.54) is 134 Å². The highest BCUT2D eigenvalue weighted by atomic mass is 15.1. The summed E-state index contributed by atoms with van der Waals surface area (Å²) in [6.45, 7) is 9.21. The van der Waals surface area contributed by atoms with E-state index in [9.17, 15) is 0 Å². The van der Waals surface area contributed by atoms with Crippen LogP contribution >= 0.6 is 0 Å². The van der Waals surface area contributed by atoms with E-state index in [1.54, 1.807) is 0 Å². The van der Waals surface area contributed by atoms with E-state index in [4.69, 9.17) is 0 Å². The van der Waals surface area contributed by atoms with E-state index >= 15 is 0 Å². The van der Waals surface area contributed by atoms with Crippen LogP contribution in [-0.4, -0.2) is 4.57 Å². The van der Waals surface area contributed by atoms with Gasteiger partial charge in [-0.2, -0.15) is 0 Å². The third kappa shape index (κ3) is 12.6. The Morgan fingerprint density at radius 2 is 1.04 bits per heavy atom. The second-order valence-electron chi connectivity index (χ2n) is 8.89. The lowest BCUT2D eigenvalue weighted by Crippen LogP contribution is -2.35. The van der Waals surface area contributed by atoms with Crippen LogP contribution in [-0.2, 0) is 13.1 Å². The summed E-state index contributed by atoms with van der Waals surface area (Å²) in [7, 11) is 0. The van der Waals surface area contributed by atoms with Crippen molar-refractivity contribution in [3.05, 3.63) is 18.2 Å². The average molecular weight is 392 g/mol. The Balaban J connectivity index is 1.84. The van der Waals surface area contributed by atoms with Crippen LogP contribution in [0.3, 0.4) is 0 Å². The molecule has 0 amide bonds. The predicted molar refractivity (Wildman–Crippen MR) is 124 cm³/mol. The summed E-state index contributed by atoms with van der Waals surface area (Å²) in [5.74, 6) is 1.43. The van der Waals surface area contributed by atoms with E-state index in [2.05, 4.69) is 42.3 Å². The molecule has 1 heterocycles. The highest BCUT2D eigenvalue weighted by Gasteiger charge is 2.10. The number of rotatable bonds is 20. The molecule has 1 aromatic rings. The van der Waals surface area contributed by atoms with Crippen LogP contribution < -0.4 is 4.57 Å². The van der Waals surface area contributed by atoms with Crippen molar-refractivity contribution in [3.63, 3.8) is 0 Å². The van der Waals surface area contributed by atoms with Crippen molar-refractivity contribution in [2.45, 2.75) is 149 Å². The van der Waals surface area contributed by atoms with Gasteiger partial charge in [0.05, 0.1) is 13.1 Å². The first kappa shape index (κ1) is 25.2. The van der Waals surface area contributed by atoms with Crippen molar-refractivity contribution in [3.8, 4) is 0 Å². The second kappa shape index (κ2) is 18.3. The Labute approximate surface area is 177 Å². The lowest BCUT2D eigenvalue weighted by molar-refractivity contribution is -0.702. The van der Waals surface area contributed by atoms with Crippen molar-refractivity contribution in [2.24, 2.45) is 0 Å². The van der Waals surface area contributed by atoms with E-state index in [0.29, 0.717) is 0 Å². The van der Waals surface area contributed by atoms with Crippen LogP contribution in [0.4, 0.5) is 0 Å². The van der Waals surface area contributed by atoms with Crippen LogP contribution in [0.1, 0.15) is 135 Å². The third-order valence-electron chi connectivity index (χ3n) is 6.26. The molecule has 0 saturated heterocycles. The highest BCUT2D eigenvalue weighted by molar-refractivity contribution is 4.79. The fourth-order valence-corrected chi connectivity index (χ4v) is 4.17. The maximum atomic E-state index is 2.44. The molecule has 0 fully saturated rings. The van der Waals surface area contributed by atoms with E-state index in [1.807, 2.05) is 0 Å². The van der Waals surface area contributed by atoms with Crippen LogP contribution in [0.2, 0.25) is 0 Å². The van der Waals surface area contributed by atoms with Crippen molar-refractivity contribution < 1.29 is 4.57 Å². The van der Waals surface area contributed by atoms with Gasteiger partial charge < -0.3 is 0 Å². The molecule has 1 rings (SSSR count). The van der Waals surface area contributed by atoms with Crippen LogP contribution in [0.25, 0.3) is 0 Å². The Bertz CT molecular complexity index is 449. The first-order chi connectivity index (χ1) is 13.8. The van der Waals surface area contributed by atoms with Crippen molar-refractivity contribution in [1.82, 2.24) is 4.57 Å². The van der Waals surface area contributed by atoms with Crippen LogP contribution in [0.15, 0.2) is 12.4 Å². The Kier molecular flexibility index (Phi) is 16.5. The molecule has 0 aliphatic heterocycles. The van der Waals surface area contributed by atoms with Gasteiger partial charge in [-0.25, -0.2) is 9.13 Å². The number of aryl methyl sites for hydroxylation is 2. The zero-order chi connectivity index (χ0) is 20.3. The monoisotopic (exact) mass is 391 g/mol. The van der Waals surface area contributed by atoms with Gasteiger partial charge in [-0.1, -0.05) is 110 Å². The fourth-order valence-electron chi connectivity index (χ4n) is 4.17. The van der Waals surface area contributed by atoms with E-state index < -0.39 is 0 Å². The zero-order valence-corrected chi connectivity index (χ0v) is 19.7. The first-order valence-corrected chi connectivity index (χ1v) is 12.8. The van der Waals surface area contributed by atoms with Gasteiger partial charge in [0.1, 0.15) is 12.4 Å². The minimum Gasteiger partial charge on any atom is -0.234 e. The highest BCUT2D eigenvalue weighted by Crippen LogP contribution is 2.13. The van der Waals surface area contributed by atoms with Gasteiger partial charge in [0.2, 0.25) is 0 Å². The van der Waals surface area contributed by atoms with Gasteiger partial charge in [0.15, 0.2) is 0 Å². The SMILES string of the molecule is CCCCCCCCCCCCCCCCCC[n+]1ccn(CCCC)c1C. The molecule has 1 aromatic heterocycles. The number of hydrogen-bond acceptors (Lipinski definition) is 0. The maximum absolute atomic E-state index is 2.44. The molecule has 0 aromatic carbocycles. The summed E-state index contributed by atoms with van der Waals surface area (Å²) in [6.07, 6.45) is 30.2. The number of imidazole rings is 1. The van der Waals surface area contributed by atoms with Gasteiger partial charge in [-0.05, 0) is 19.3 Å². The molecule has 0 spiro atoms. The minimum atomic E-state index is 1.17. The molecule has 2 heteroatoms. The summed E-state index contributed by atoms with van der Waals surface area (Å²) < 4.78 is 4.86. The molecule has 2 nitrogen and oxygen atoms in total. The molecule has 0 bridgehead atoms. The smallest absolute Gasteiger partial charge is 0.234 e. The topological polar surface area (TPSA) is 8.81 Å². The van der Waals surface area contributed by atoms with Gasteiger partial charge in [0, 0.05) is 6.92 Å². The molecule has 0 aliphatic carbocycles. The molecular formula is C26H51N2+. The van der Waals surface area contributed by atoms with Gasteiger partial charge >= 0.3 is 0 Å². The number of unbranched alkanes of at least 4 members (excludes halogenated alkanes) is 16. The number of hydrogen-bond donors (Lipinski definition) is 0. The van der Waals surface area contributed by atoms with Gasteiger partial charge in [-0.3, -0.25) is 0 Å². The Morgan fingerprint density at radius 1 is 0.607 bits per heavy atom. The molecular weight excluding hydrogens is 340 g/mol. The van der Waals surface area contributed by atoms with Crippen molar-refractivity contribution in [2.75, 3.05) is 0 Å². The normalized spacial score (nSPS) is 11.4. The van der Waals surface area contributed by atoms with Gasteiger partial charge in [-0.15, -0.1) is 0 Å². The Morgan fingerprint density at radius 3 is 1.50 bits per heavy atom. The second-order valence-corrected chi connectivity index (χ2v) is 8.89. The lowest BCUT2D eigenvalue weighted by atomic mass is 10.0. The summed E-state index contributed by atoms with van der Waals surface area (Å²) >= 11 is 0. The Hall–Kier alpha value is -0.790. The van der Waals surface area contributed by atoms with Crippen molar-refractivity contribution in [1.29, 1.82) is 0 Å². The number of aromatic nitrogens is 2. The number of nitrogens with zero attached hydrogens (tertiary/aromatic N) is 2. The zero-order valence-electron chi connectivity index (χ0n) is 19.7. The van der Waals surface area contributed by atoms with E-state index in [0.717, 1.165) is 0 Å².